The smallest absolute Gasteiger partial charge is 0.157 e. The molecule has 0 aliphatic carbocycles. The van der Waals surface area contributed by atoms with Gasteiger partial charge in [0.15, 0.2) is 6.29 Å². The molecule has 1 aliphatic rings. The van der Waals surface area contributed by atoms with Crippen molar-refractivity contribution < 1.29 is 9.47 Å². The van der Waals surface area contributed by atoms with Crippen LogP contribution < -0.4 is 0 Å². The van der Waals surface area contributed by atoms with Crippen LogP contribution in [0.15, 0.2) is 42.6 Å². The second-order valence-corrected chi connectivity index (χ2v) is 11.5. The van der Waals surface area contributed by atoms with Crippen LogP contribution in [0.25, 0.3) is 11.3 Å². The summed E-state index contributed by atoms with van der Waals surface area (Å²) in [4.78, 5) is 4.75. The topological polar surface area (TPSA) is 31.4 Å². The van der Waals surface area contributed by atoms with Gasteiger partial charge in [0.25, 0.3) is 0 Å². The standard InChI is InChI=1S/C35H55NO2/c1-3-5-7-9-11-12-14-16-18-32-28-37-35(38-29-32)26-22-31-21-25-34(36-27-31)33-23-19-30(20-24-33)17-15-13-10-8-6-4-2/h19-21,23-25,27,32,35H,3-18,22,26,28-29H2,1-2H3/t32-,35-. The molecule has 212 valence electrons. The molecule has 1 fully saturated rings. The lowest BCUT2D eigenvalue weighted by Crippen LogP contribution is -2.32. The molecular formula is C35H55NO2. The highest BCUT2D eigenvalue weighted by molar-refractivity contribution is 5.59. The highest BCUT2D eigenvalue weighted by Crippen LogP contribution is 2.23. The lowest BCUT2D eigenvalue weighted by Gasteiger charge is -2.29. The molecule has 1 saturated heterocycles. The zero-order chi connectivity index (χ0) is 26.7. The van der Waals surface area contributed by atoms with Crippen LogP contribution in [0, 0.1) is 5.92 Å². The van der Waals surface area contributed by atoms with Crippen molar-refractivity contribution in [3.63, 3.8) is 0 Å². The van der Waals surface area contributed by atoms with E-state index >= 15 is 0 Å². The van der Waals surface area contributed by atoms with E-state index in [-0.39, 0.29) is 6.29 Å². The quantitative estimate of drug-likeness (QED) is 0.162. The molecule has 2 heterocycles. The molecule has 1 aromatic carbocycles. The van der Waals surface area contributed by atoms with E-state index in [0.29, 0.717) is 5.92 Å². The predicted octanol–water partition coefficient (Wildman–Crippen LogP) is 10.1. The van der Waals surface area contributed by atoms with Crippen molar-refractivity contribution in [2.45, 2.75) is 136 Å². The number of hydrogen-bond acceptors (Lipinski definition) is 3. The van der Waals surface area contributed by atoms with Crippen molar-refractivity contribution in [3.8, 4) is 11.3 Å². The Morgan fingerprint density at radius 1 is 0.605 bits per heavy atom. The van der Waals surface area contributed by atoms with Crippen LogP contribution in [0.3, 0.4) is 0 Å². The van der Waals surface area contributed by atoms with E-state index in [2.05, 4.69) is 50.2 Å². The summed E-state index contributed by atoms with van der Waals surface area (Å²) in [5.41, 5.74) is 4.94. The minimum atomic E-state index is -0.0660. The molecule has 0 saturated carbocycles. The van der Waals surface area contributed by atoms with E-state index < -0.39 is 0 Å². The Balaban J connectivity index is 1.27. The van der Waals surface area contributed by atoms with Gasteiger partial charge >= 0.3 is 0 Å². The van der Waals surface area contributed by atoms with E-state index in [4.69, 9.17) is 14.5 Å². The van der Waals surface area contributed by atoms with Gasteiger partial charge in [-0.15, -0.1) is 0 Å². The van der Waals surface area contributed by atoms with Gasteiger partial charge < -0.3 is 9.47 Å². The van der Waals surface area contributed by atoms with Crippen molar-refractivity contribution in [2.75, 3.05) is 13.2 Å². The first-order valence-corrected chi connectivity index (χ1v) is 16.1. The largest absolute Gasteiger partial charge is 0.352 e. The molecule has 2 aromatic rings. The predicted molar refractivity (Wildman–Crippen MR) is 161 cm³/mol. The Labute approximate surface area is 234 Å². The van der Waals surface area contributed by atoms with Crippen LogP contribution in [0.5, 0.6) is 0 Å². The molecule has 3 rings (SSSR count). The van der Waals surface area contributed by atoms with Gasteiger partial charge in [-0.1, -0.05) is 128 Å². The molecule has 0 N–H and O–H groups in total. The van der Waals surface area contributed by atoms with Crippen molar-refractivity contribution in [2.24, 2.45) is 5.92 Å². The third-order valence-electron chi connectivity index (χ3n) is 8.06. The Morgan fingerprint density at radius 3 is 1.79 bits per heavy atom. The molecule has 1 aliphatic heterocycles. The summed E-state index contributed by atoms with van der Waals surface area (Å²) in [6.07, 6.45) is 25.4. The van der Waals surface area contributed by atoms with E-state index in [1.54, 1.807) is 0 Å². The number of rotatable bonds is 20. The van der Waals surface area contributed by atoms with Gasteiger partial charge in [-0.2, -0.15) is 0 Å². The lowest BCUT2D eigenvalue weighted by atomic mass is 10.0. The van der Waals surface area contributed by atoms with E-state index in [9.17, 15) is 0 Å². The average molecular weight is 522 g/mol. The Hall–Kier alpha value is -1.71. The zero-order valence-electron chi connectivity index (χ0n) is 24.6. The number of nitrogens with zero attached hydrogens (tertiary/aromatic N) is 1. The highest BCUT2D eigenvalue weighted by Gasteiger charge is 2.21. The maximum absolute atomic E-state index is 6.05. The lowest BCUT2D eigenvalue weighted by molar-refractivity contribution is -0.203. The highest BCUT2D eigenvalue weighted by atomic mass is 16.7. The summed E-state index contributed by atoms with van der Waals surface area (Å²) in [5, 5.41) is 0. The first-order valence-electron chi connectivity index (χ1n) is 16.1. The summed E-state index contributed by atoms with van der Waals surface area (Å²) >= 11 is 0. The summed E-state index contributed by atoms with van der Waals surface area (Å²) in [6.45, 7) is 6.27. The molecule has 0 amide bonds. The Bertz CT molecular complexity index is 824. The van der Waals surface area contributed by atoms with Gasteiger partial charge in [-0.3, -0.25) is 4.98 Å². The SMILES string of the molecule is CCCCCCCCCC[C@H]1CO[C@H](CCc2ccc(-c3ccc(CCCCCCCC)cc3)nc2)OC1. The summed E-state index contributed by atoms with van der Waals surface area (Å²) in [6, 6.07) is 13.4. The first-order chi connectivity index (χ1) is 18.8. The molecule has 1 aromatic heterocycles. The van der Waals surface area contributed by atoms with Gasteiger partial charge in [0.05, 0.1) is 18.9 Å². The van der Waals surface area contributed by atoms with Crippen LogP contribution in [0.2, 0.25) is 0 Å². The number of aromatic nitrogens is 1. The Morgan fingerprint density at radius 2 is 1.18 bits per heavy atom. The van der Waals surface area contributed by atoms with E-state index in [1.165, 1.54) is 119 Å². The third kappa shape index (κ3) is 12.4. The molecule has 0 spiro atoms. The minimum Gasteiger partial charge on any atom is -0.352 e. The second kappa shape index (κ2) is 19.4. The van der Waals surface area contributed by atoms with E-state index in [0.717, 1.165) is 31.7 Å². The van der Waals surface area contributed by atoms with Crippen LogP contribution in [-0.4, -0.2) is 24.5 Å². The molecule has 0 unspecified atom stereocenters. The van der Waals surface area contributed by atoms with Gasteiger partial charge in [0.1, 0.15) is 0 Å². The van der Waals surface area contributed by atoms with Gasteiger partial charge in [-0.25, -0.2) is 0 Å². The maximum atomic E-state index is 6.05. The molecular weight excluding hydrogens is 466 g/mol. The van der Waals surface area contributed by atoms with Crippen molar-refractivity contribution in [1.82, 2.24) is 4.98 Å². The van der Waals surface area contributed by atoms with Gasteiger partial charge in [0.2, 0.25) is 0 Å². The molecule has 38 heavy (non-hydrogen) atoms. The molecule has 0 bridgehead atoms. The second-order valence-electron chi connectivity index (χ2n) is 11.5. The van der Waals surface area contributed by atoms with Crippen LogP contribution in [0.4, 0.5) is 0 Å². The summed E-state index contributed by atoms with van der Waals surface area (Å²) < 4.78 is 12.1. The number of pyridine rings is 1. The first kappa shape index (κ1) is 30.8. The summed E-state index contributed by atoms with van der Waals surface area (Å²) in [7, 11) is 0. The third-order valence-corrected chi connectivity index (χ3v) is 8.06. The average Bonchev–Trinajstić information content (AvgIpc) is 2.96. The Kier molecular flexibility index (Phi) is 15.7. The fourth-order valence-electron chi connectivity index (χ4n) is 5.46. The number of unbranched alkanes of at least 4 members (excludes halogenated alkanes) is 12. The van der Waals surface area contributed by atoms with Crippen molar-refractivity contribution >= 4 is 0 Å². The molecule has 0 atom stereocenters. The maximum Gasteiger partial charge on any atom is 0.157 e. The molecule has 3 nitrogen and oxygen atoms in total. The van der Waals surface area contributed by atoms with Gasteiger partial charge in [0, 0.05) is 24.1 Å². The van der Waals surface area contributed by atoms with Gasteiger partial charge in [-0.05, 0) is 42.9 Å². The van der Waals surface area contributed by atoms with Crippen LogP contribution in [0.1, 0.15) is 128 Å². The monoisotopic (exact) mass is 521 g/mol. The molecule has 3 heteroatoms. The number of benzene rings is 1. The molecule has 0 radical (unpaired) electrons. The van der Waals surface area contributed by atoms with Crippen molar-refractivity contribution in [3.05, 3.63) is 53.7 Å². The number of aryl methyl sites for hydroxylation is 2. The summed E-state index contributed by atoms with van der Waals surface area (Å²) in [5.74, 6) is 0.574. The fourth-order valence-corrected chi connectivity index (χ4v) is 5.46. The zero-order valence-corrected chi connectivity index (χ0v) is 24.6. The van der Waals surface area contributed by atoms with Crippen LogP contribution >= 0.6 is 0 Å². The van der Waals surface area contributed by atoms with Crippen LogP contribution in [-0.2, 0) is 22.3 Å². The van der Waals surface area contributed by atoms with E-state index in [1.807, 2.05) is 6.20 Å². The number of hydrogen-bond donors (Lipinski definition) is 0. The fraction of sp³-hybridized carbons (Fsp3) is 0.686. The minimum absolute atomic E-state index is 0.0660. The normalized spacial score (nSPS) is 17.6. The van der Waals surface area contributed by atoms with Crippen molar-refractivity contribution in [1.29, 1.82) is 0 Å². The number of ether oxygens (including phenoxy) is 2.